The number of ether oxygens (including phenoxy) is 1. The zero-order valence-electron chi connectivity index (χ0n) is 21.6. The highest BCUT2D eigenvalue weighted by molar-refractivity contribution is 6.05. The molecule has 2 heterocycles. The molecular formula is C28H42N4O4. The van der Waals surface area contributed by atoms with Gasteiger partial charge in [0, 0.05) is 25.1 Å². The molecule has 36 heavy (non-hydrogen) atoms. The fraction of sp³-hybridized carbons (Fsp3) is 0.679. The Labute approximate surface area is 215 Å². The molecule has 4 rings (SSSR count). The van der Waals surface area contributed by atoms with Gasteiger partial charge in [-0.25, -0.2) is 4.99 Å². The lowest BCUT2D eigenvalue weighted by atomic mass is 9.86. The zero-order chi connectivity index (χ0) is 25.2. The van der Waals surface area contributed by atoms with E-state index in [1.165, 1.54) is 44.9 Å². The molecule has 2 aliphatic heterocycles. The van der Waals surface area contributed by atoms with E-state index in [4.69, 9.17) is 4.74 Å². The molecule has 1 aromatic carbocycles. The molecule has 0 bridgehead atoms. The van der Waals surface area contributed by atoms with Gasteiger partial charge in [-0.1, -0.05) is 51.0 Å². The van der Waals surface area contributed by atoms with Crippen molar-refractivity contribution in [2.75, 3.05) is 32.8 Å². The first-order valence-corrected chi connectivity index (χ1v) is 13.9. The van der Waals surface area contributed by atoms with Crippen LogP contribution in [0.1, 0.15) is 82.6 Å². The molecule has 8 nitrogen and oxygen atoms in total. The maximum absolute atomic E-state index is 12.7. The third-order valence-electron chi connectivity index (χ3n) is 7.60. The summed E-state index contributed by atoms with van der Waals surface area (Å²) in [6.07, 6.45) is 13.5. The van der Waals surface area contributed by atoms with Gasteiger partial charge >= 0.3 is 0 Å². The first kappa shape index (κ1) is 26.5. The minimum absolute atomic E-state index is 0.0246. The maximum atomic E-state index is 12.7. The van der Waals surface area contributed by atoms with Crippen LogP contribution in [-0.2, 0) is 16.1 Å². The molecule has 3 aliphatic rings. The van der Waals surface area contributed by atoms with Crippen LogP contribution in [0.4, 0.5) is 5.69 Å². The molecule has 1 aliphatic carbocycles. The number of aliphatic hydroxyl groups excluding tert-OH is 1. The van der Waals surface area contributed by atoms with Crippen molar-refractivity contribution in [3.8, 4) is 5.75 Å². The first-order chi connectivity index (χ1) is 17.6. The average molecular weight is 499 g/mol. The van der Waals surface area contributed by atoms with Crippen LogP contribution in [0.2, 0.25) is 0 Å². The van der Waals surface area contributed by atoms with Crippen molar-refractivity contribution in [3.05, 3.63) is 23.8 Å². The predicted molar refractivity (Wildman–Crippen MR) is 140 cm³/mol. The van der Waals surface area contributed by atoms with Gasteiger partial charge in [0.1, 0.15) is 12.3 Å². The van der Waals surface area contributed by atoms with E-state index in [1.54, 1.807) is 0 Å². The molecular weight excluding hydrogens is 456 g/mol. The van der Waals surface area contributed by atoms with Gasteiger partial charge in [0.2, 0.25) is 17.8 Å². The van der Waals surface area contributed by atoms with Crippen LogP contribution in [-0.4, -0.2) is 65.5 Å². The van der Waals surface area contributed by atoms with E-state index in [9.17, 15) is 14.7 Å². The van der Waals surface area contributed by atoms with Crippen molar-refractivity contribution in [1.82, 2.24) is 15.1 Å². The molecule has 2 amide bonds. The number of carbonyl (C=O) groups is 2. The summed E-state index contributed by atoms with van der Waals surface area (Å²) in [6.45, 7) is 2.74. The summed E-state index contributed by atoms with van der Waals surface area (Å²) in [6, 6.07) is 5.82. The molecule has 1 saturated carbocycles. The van der Waals surface area contributed by atoms with Gasteiger partial charge < -0.3 is 19.6 Å². The van der Waals surface area contributed by atoms with Crippen LogP contribution in [0, 0.1) is 5.92 Å². The highest BCUT2D eigenvalue weighted by Crippen LogP contribution is 2.34. The molecule has 2 N–H and O–H groups in total. The Bertz CT molecular complexity index is 913. The second kappa shape index (κ2) is 13.6. The average Bonchev–Trinajstić information content (AvgIpc) is 3.26. The Balaban J connectivity index is 1.12. The lowest BCUT2D eigenvalue weighted by Crippen LogP contribution is -2.34. The zero-order valence-corrected chi connectivity index (χ0v) is 21.6. The predicted octanol–water partition coefficient (Wildman–Crippen LogP) is 4.13. The minimum Gasteiger partial charge on any atom is -0.493 e. The summed E-state index contributed by atoms with van der Waals surface area (Å²) < 4.78 is 6.06. The van der Waals surface area contributed by atoms with Gasteiger partial charge in [-0.15, -0.1) is 0 Å². The number of nitrogens with zero attached hydrogens (tertiary/aromatic N) is 3. The number of hydrogen-bond donors (Lipinski definition) is 2. The summed E-state index contributed by atoms with van der Waals surface area (Å²) in [7, 11) is 0. The molecule has 0 atom stereocenters. The smallest absolute Gasteiger partial charge is 0.246 e. The molecule has 0 spiro atoms. The SMILES string of the molecule is O=C1CN2Cc3c(cccc3OCCCCCC(=O)N(CCO)CCCCC3CCCCC3)N=C2N1. The summed E-state index contributed by atoms with van der Waals surface area (Å²) in [5.41, 5.74) is 1.85. The number of benzene rings is 1. The molecule has 0 radical (unpaired) electrons. The van der Waals surface area contributed by atoms with Crippen LogP contribution in [0.3, 0.4) is 0 Å². The summed E-state index contributed by atoms with van der Waals surface area (Å²) in [4.78, 5) is 32.7. The molecule has 0 unspecified atom stereocenters. The number of rotatable bonds is 14. The van der Waals surface area contributed by atoms with E-state index in [0.29, 0.717) is 38.6 Å². The van der Waals surface area contributed by atoms with Gasteiger partial charge in [0.25, 0.3) is 0 Å². The molecule has 1 aromatic rings. The van der Waals surface area contributed by atoms with E-state index in [2.05, 4.69) is 10.3 Å². The quantitative estimate of drug-likeness (QED) is 0.376. The standard InChI is InChI=1S/C28H42N4O4/c33-18-17-31(16-7-6-12-22-10-3-1-4-11-22)27(35)15-5-2-8-19-36-25-14-9-13-24-23(25)20-32-21-26(34)30-28(32)29-24/h9,13-14,22,33H,1-8,10-12,15-21H2,(H,29,30,34). The van der Waals surface area contributed by atoms with Crippen molar-refractivity contribution < 1.29 is 19.4 Å². The fourth-order valence-corrected chi connectivity index (χ4v) is 5.57. The number of nitrogens with one attached hydrogen (secondary N) is 1. The van der Waals surface area contributed by atoms with Gasteiger partial charge in [0.05, 0.1) is 25.4 Å². The lowest BCUT2D eigenvalue weighted by molar-refractivity contribution is -0.132. The molecule has 198 valence electrons. The number of aliphatic imine (C=N–C) groups is 1. The van der Waals surface area contributed by atoms with Crippen molar-refractivity contribution in [3.63, 3.8) is 0 Å². The molecule has 1 saturated heterocycles. The van der Waals surface area contributed by atoms with Crippen LogP contribution in [0.5, 0.6) is 5.75 Å². The Morgan fingerprint density at radius 2 is 1.94 bits per heavy atom. The highest BCUT2D eigenvalue weighted by Gasteiger charge is 2.30. The Morgan fingerprint density at radius 1 is 1.08 bits per heavy atom. The number of hydrogen-bond acceptors (Lipinski definition) is 6. The lowest BCUT2D eigenvalue weighted by Gasteiger charge is -2.24. The highest BCUT2D eigenvalue weighted by atomic mass is 16.5. The summed E-state index contributed by atoms with van der Waals surface area (Å²) in [5.74, 6) is 2.44. The van der Waals surface area contributed by atoms with Crippen molar-refractivity contribution in [1.29, 1.82) is 0 Å². The third kappa shape index (κ3) is 7.45. The van der Waals surface area contributed by atoms with E-state index < -0.39 is 0 Å². The number of unbranched alkanes of at least 4 members (excludes halogenated alkanes) is 3. The minimum atomic E-state index is -0.0319. The molecule has 2 fully saturated rings. The van der Waals surface area contributed by atoms with Crippen molar-refractivity contribution in [2.24, 2.45) is 10.9 Å². The van der Waals surface area contributed by atoms with Gasteiger partial charge in [0.15, 0.2) is 0 Å². The summed E-state index contributed by atoms with van der Waals surface area (Å²) in [5, 5.41) is 12.2. The number of carbonyl (C=O) groups excluding carboxylic acids is 2. The Kier molecular flexibility index (Phi) is 10.0. The second-order valence-corrected chi connectivity index (χ2v) is 10.4. The Morgan fingerprint density at radius 3 is 2.78 bits per heavy atom. The monoisotopic (exact) mass is 498 g/mol. The topological polar surface area (TPSA) is 94.5 Å². The van der Waals surface area contributed by atoms with Crippen LogP contribution in [0.25, 0.3) is 0 Å². The number of guanidine groups is 1. The number of amides is 2. The van der Waals surface area contributed by atoms with E-state index >= 15 is 0 Å². The van der Waals surface area contributed by atoms with Crippen LogP contribution in [0.15, 0.2) is 23.2 Å². The third-order valence-corrected chi connectivity index (χ3v) is 7.60. The maximum Gasteiger partial charge on any atom is 0.246 e. The summed E-state index contributed by atoms with van der Waals surface area (Å²) >= 11 is 0. The van der Waals surface area contributed by atoms with Gasteiger partial charge in [-0.05, 0) is 43.7 Å². The molecule has 0 aromatic heterocycles. The van der Waals surface area contributed by atoms with Crippen LogP contribution < -0.4 is 10.1 Å². The van der Waals surface area contributed by atoms with Crippen molar-refractivity contribution in [2.45, 2.75) is 83.6 Å². The van der Waals surface area contributed by atoms with Gasteiger partial charge in [-0.2, -0.15) is 0 Å². The number of fused-ring (bicyclic) bond motifs is 2. The fourth-order valence-electron chi connectivity index (χ4n) is 5.57. The van der Waals surface area contributed by atoms with Gasteiger partial charge in [-0.3, -0.25) is 14.9 Å². The van der Waals surface area contributed by atoms with Crippen molar-refractivity contribution >= 4 is 23.5 Å². The van der Waals surface area contributed by atoms with E-state index in [-0.39, 0.29) is 18.4 Å². The number of aliphatic hydroxyl groups is 1. The Hall–Kier alpha value is -2.61. The van der Waals surface area contributed by atoms with E-state index in [0.717, 1.165) is 55.1 Å². The second-order valence-electron chi connectivity index (χ2n) is 10.4. The van der Waals surface area contributed by atoms with Crippen LogP contribution >= 0.6 is 0 Å². The normalized spacial score (nSPS) is 17.3. The molecule has 8 heteroatoms. The largest absolute Gasteiger partial charge is 0.493 e. The van der Waals surface area contributed by atoms with E-state index in [1.807, 2.05) is 28.0 Å². The first-order valence-electron chi connectivity index (χ1n) is 13.9.